The first-order valence-corrected chi connectivity index (χ1v) is 6.67. The van der Waals surface area contributed by atoms with Crippen molar-refractivity contribution in [3.05, 3.63) is 29.8 Å². The van der Waals surface area contributed by atoms with Gasteiger partial charge in [0.05, 0.1) is 17.5 Å². The minimum atomic E-state index is -0.926. The molecule has 0 aliphatic heterocycles. The molecule has 2 rings (SSSR count). The Labute approximate surface area is 116 Å². The summed E-state index contributed by atoms with van der Waals surface area (Å²) < 4.78 is 12.7. The fourth-order valence-electron chi connectivity index (χ4n) is 2.69. The number of carbonyl (C=O) groups excluding carboxylic acids is 1. The van der Waals surface area contributed by atoms with Crippen molar-refractivity contribution < 1.29 is 19.1 Å². The normalized spacial score (nSPS) is 17.4. The monoisotopic (exact) mass is 280 g/mol. The van der Waals surface area contributed by atoms with E-state index in [4.69, 9.17) is 5.11 Å². The van der Waals surface area contributed by atoms with Gasteiger partial charge in [0.15, 0.2) is 0 Å². The molecule has 1 amide bonds. The second kappa shape index (κ2) is 5.98. The van der Waals surface area contributed by atoms with Crippen LogP contribution in [0.5, 0.6) is 0 Å². The number of amides is 1. The lowest BCUT2D eigenvalue weighted by Gasteiger charge is -2.37. The summed E-state index contributed by atoms with van der Waals surface area (Å²) in [6.45, 7) is 0. The van der Waals surface area contributed by atoms with Crippen LogP contribution < -0.4 is 5.32 Å². The molecule has 1 aliphatic carbocycles. The van der Waals surface area contributed by atoms with Gasteiger partial charge in [0.2, 0.25) is 5.95 Å². The summed E-state index contributed by atoms with van der Waals surface area (Å²) in [5.41, 5.74) is -0.461. The van der Waals surface area contributed by atoms with Crippen LogP contribution in [0.2, 0.25) is 0 Å². The molecular formula is C14H17FN2O3. The Balaban J connectivity index is 2.12. The van der Waals surface area contributed by atoms with E-state index in [9.17, 15) is 14.0 Å². The maximum absolute atomic E-state index is 12.7. The molecular weight excluding hydrogens is 263 g/mol. The predicted octanol–water partition coefficient (Wildman–Crippen LogP) is 2.13. The number of carbonyl (C=O) groups is 2. The van der Waals surface area contributed by atoms with Gasteiger partial charge in [0, 0.05) is 6.20 Å². The van der Waals surface area contributed by atoms with Crippen LogP contribution in [0, 0.1) is 5.95 Å². The Morgan fingerprint density at radius 3 is 2.55 bits per heavy atom. The second-order valence-electron chi connectivity index (χ2n) is 5.24. The molecule has 5 nitrogen and oxygen atoms in total. The maximum atomic E-state index is 12.7. The Morgan fingerprint density at radius 2 is 2.00 bits per heavy atom. The number of carboxylic acid groups (broad SMARTS) is 1. The van der Waals surface area contributed by atoms with Crippen LogP contribution in [-0.4, -0.2) is 27.5 Å². The van der Waals surface area contributed by atoms with Crippen molar-refractivity contribution in [3.8, 4) is 0 Å². The fourth-order valence-corrected chi connectivity index (χ4v) is 2.69. The number of nitrogens with zero attached hydrogens (tertiary/aromatic N) is 1. The molecule has 0 radical (unpaired) electrons. The third kappa shape index (κ3) is 3.53. The largest absolute Gasteiger partial charge is 0.481 e. The number of pyridine rings is 1. The van der Waals surface area contributed by atoms with Gasteiger partial charge in [-0.2, -0.15) is 4.39 Å². The van der Waals surface area contributed by atoms with Gasteiger partial charge < -0.3 is 10.4 Å². The van der Waals surface area contributed by atoms with Gasteiger partial charge in [-0.25, -0.2) is 4.98 Å². The number of hydrogen-bond donors (Lipinski definition) is 2. The van der Waals surface area contributed by atoms with Gasteiger partial charge in [-0.05, 0) is 25.0 Å². The van der Waals surface area contributed by atoms with Crippen molar-refractivity contribution in [1.29, 1.82) is 0 Å². The number of aromatic nitrogens is 1. The van der Waals surface area contributed by atoms with Gasteiger partial charge in [0.1, 0.15) is 0 Å². The molecule has 1 saturated carbocycles. The summed E-state index contributed by atoms with van der Waals surface area (Å²) >= 11 is 0. The lowest BCUT2D eigenvalue weighted by atomic mass is 9.79. The Hall–Kier alpha value is -1.98. The number of carboxylic acids is 1. The van der Waals surface area contributed by atoms with Crippen LogP contribution in [-0.2, 0) is 4.79 Å². The van der Waals surface area contributed by atoms with E-state index < -0.39 is 23.4 Å². The van der Waals surface area contributed by atoms with E-state index in [0.29, 0.717) is 12.8 Å². The summed E-state index contributed by atoms with van der Waals surface area (Å²) in [5.74, 6) is -1.98. The lowest BCUT2D eigenvalue weighted by Crippen LogP contribution is -2.51. The molecule has 1 fully saturated rings. The van der Waals surface area contributed by atoms with E-state index in [1.54, 1.807) is 0 Å². The first-order valence-electron chi connectivity index (χ1n) is 6.67. The van der Waals surface area contributed by atoms with Gasteiger partial charge in [-0.3, -0.25) is 9.59 Å². The fraction of sp³-hybridized carbons (Fsp3) is 0.500. The highest BCUT2D eigenvalue weighted by Crippen LogP contribution is 2.31. The third-order valence-electron chi connectivity index (χ3n) is 3.67. The zero-order chi connectivity index (χ0) is 14.6. The summed E-state index contributed by atoms with van der Waals surface area (Å²) in [7, 11) is 0. The van der Waals surface area contributed by atoms with Crippen molar-refractivity contribution in [3.63, 3.8) is 0 Å². The molecule has 0 bridgehead atoms. The number of hydrogen-bond acceptors (Lipinski definition) is 3. The van der Waals surface area contributed by atoms with Crippen LogP contribution >= 0.6 is 0 Å². The van der Waals surface area contributed by atoms with E-state index >= 15 is 0 Å². The summed E-state index contributed by atoms with van der Waals surface area (Å²) in [6.07, 6.45) is 5.22. The minimum Gasteiger partial charge on any atom is -0.481 e. The van der Waals surface area contributed by atoms with Gasteiger partial charge in [0.25, 0.3) is 5.91 Å². The molecule has 1 aromatic heterocycles. The van der Waals surface area contributed by atoms with Gasteiger partial charge >= 0.3 is 5.97 Å². The van der Waals surface area contributed by atoms with E-state index in [0.717, 1.165) is 31.5 Å². The molecule has 20 heavy (non-hydrogen) atoms. The van der Waals surface area contributed by atoms with E-state index in [2.05, 4.69) is 10.3 Å². The molecule has 2 N–H and O–H groups in total. The molecule has 1 aliphatic rings. The number of rotatable bonds is 4. The molecule has 1 heterocycles. The van der Waals surface area contributed by atoms with Crippen molar-refractivity contribution in [1.82, 2.24) is 10.3 Å². The van der Waals surface area contributed by atoms with Crippen molar-refractivity contribution >= 4 is 11.9 Å². The number of nitrogens with one attached hydrogen (secondary N) is 1. The quantitative estimate of drug-likeness (QED) is 0.828. The average Bonchev–Trinajstić information content (AvgIpc) is 2.39. The zero-order valence-electron chi connectivity index (χ0n) is 11.1. The topological polar surface area (TPSA) is 79.3 Å². The number of halogens is 1. The highest BCUT2D eigenvalue weighted by molar-refractivity contribution is 5.94. The lowest BCUT2D eigenvalue weighted by molar-refractivity contribution is -0.139. The molecule has 0 unspecified atom stereocenters. The number of aliphatic carboxylic acids is 1. The summed E-state index contributed by atoms with van der Waals surface area (Å²) in [4.78, 5) is 26.6. The van der Waals surface area contributed by atoms with Crippen LogP contribution in [0.4, 0.5) is 4.39 Å². The Kier molecular flexibility index (Phi) is 4.32. The smallest absolute Gasteiger partial charge is 0.305 e. The SMILES string of the molecule is O=C(O)CC1(NC(=O)c2ccc(F)nc2)CCCCC1. The molecule has 6 heteroatoms. The highest BCUT2D eigenvalue weighted by atomic mass is 19.1. The Morgan fingerprint density at radius 1 is 1.30 bits per heavy atom. The van der Waals surface area contributed by atoms with E-state index in [-0.39, 0.29) is 12.0 Å². The van der Waals surface area contributed by atoms with Crippen LogP contribution in [0.1, 0.15) is 48.9 Å². The zero-order valence-corrected chi connectivity index (χ0v) is 11.1. The van der Waals surface area contributed by atoms with E-state index in [1.165, 1.54) is 6.07 Å². The average molecular weight is 280 g/mol. The van der Waals surface area contributed by atoms with Crippen molar-refractivity contribution in [2.24, 2.45) is 0 Å². The molecule has 1 aromatic rings. The van der Waals surface area contributed by atoms with Gasteiger partial charge in [-0.1, -0.05) is 19.3 Å². The minimum absolute atomic E-state index is 0.0899. The standard InChI is InChI=1S/C14H17FN2O3/c15-11-5-4-10(9-16-11)13(20)17-14(8-12(18)19)6-2-1-3-7-14/h4-5,9H,1-3,6-8H2,(H,17,20)(H,18,19). The molecule has 0 spiro atoms. The summed E-state index contributed by atoms with van der Waals surface area (Å²) in [6, 6.07) is 2.45. The van der Waals surface area contributed by atoms with Crippen LogP contribution in [0.25, 0.3) is 0 Å². The first kappa shape index (κ1) is 14.4. The van der Waals surface area contributed by atoms with Crippen molar-refractivity contribution in [2.45, 2.75) is 44.1 Å². The first-order chi connectivity index (χ1) is 9.51. The van der Waals surface area contributed by atoms with Crippen molar-refractivity contribution in [2.75, 3.05) is 0 Å². The van der Waals surface area contributed by atoms with Gasteiger partial charge in [-0.15, -0.1) is 0 Å². The Bertz CT molecular complexity index is 496. The van der Waals surface area contributed by atoms with E-state index in [1.807, 2.05) is 0 Å². The van der Waals surface area contributed by atoms with Crippen LogP contribution in [0.15, 0.2) is 18.3 Å². The second-order valence-corrected chi connectivity index (χ2v) is 5.24. The third-order valence-corrected chi connectivity index (χ3v) is 3.67. The maximum Gasteiger partial charge on any atom is 0.305 e. The highest BCUT2D eigenvalue weighted by Gasteiger charge is 2.36. The molecule has 0 saturated heterocycles. The molecule has 0 atom stereocenters. The predicted molar refractivity (Wildman–Crippen MR) is 69.7 cm³/mol. The van der Waals surface area contributed by atoms with Crippen LogP contribution in [0.3, 0.4) is 0 Å². The molecule has 0 aromatic carbocycles. The summed E-state index contributed by atoms with van der Waals surface area (Å²) in [5, 5.41) is 11.9. The molecule has 108 valence electrons.